The highest BCUT2D eigenvalue weighted by molar-refractivity contribution is 7.22. The predicted molar refractivity (Wildman–Crippen MR) is 154 cm³/mol. The lowest BCUT2D eigenvalue weighted by molar-refractivity contribution is -0.132. The Morgan fingerprint density at radius 1 is 1.03 bits per heavy atom. The molecule has 0 radical (unpaired) electrons. The molecule has 0 aliphatic carbocycles. The van der Waals surface area contributed by atoms with E-state index in [4.69, 9.17) is 14.5 Å². The normalized spacial score (nSPS) is 16.6. The summed E-state index contributed by atoms with van der Waals surface area (Å²) in [4.78, 5) is 33.1. The van der Waals surface area contributed by atoms with Gasteiger partial charge in [0.1, 0.15) is 23.9 Å². The maximum Gasteiger partial charge on any atom is 0.301 e. The van der Waals surface area contributed by atoms with Gasteiger partial charge in [-0.05, 0) is 73.0 Å². The van der Waals surface area contributed by atoms with Crippen molar-refractivity contribution in [1.29, 1.82) is 0 Å². The van der Waals surface area contributed by atoms with E-state index in [1.807, 2.05) is 25.1 Å². The summed E-state index contributed by atoms with van der Waals surface area (Å²) < 4.78 is 12.0. The molecular formula is C31H28N2O5S. The van der Waals surface area contributed by atoms with Crippen molar-refractivity contribution in [2.45, 2.75) is 26.3 Å². The Kier molecular flexibility index (Phi) is 7.47. The molecule has 0 spiro atoms. The van der Waals surface area contributed by atoms with E-state index >= 15 is 0 Å². The topological polar surface area (TPSA) is 89.0 Å². The summed E-state index contributed by atoms with van der Waals surface area (Å²) in [7, 11) is 0. The number of anilines is 1. The zero-order valence-electron chi connectivity index (χ0n) is 21.7. The quantitative estimate of drug-likeness (QED) is 0.114. The van der Waals surface area contributed by atoms with Gasteiger partial charge in [-0.15, -0.1) is 0 Å². The van der Waals surface area contributed by atoms with Crippen LogP contribution in [0.4, 0.5) is 5.13 Å². The summed E-state index contributed by atoms with van der Waals surface area (Å²) >= 11 is 1.34. The molecule has 1 amide bonds. The first-order valence-electron chi connectivity index (χ1n) is 12.7. The van der Waals surface area contributed by atoms with E-state index in [1.165, 1.54) is 16.2 Å². The van der Waals surface area contributed by atoms with Crippen LogP contribution in [0.2, 0.25) is 0 Å². The second-order valence-corrected chi connectivity index (χ2v) is 9.96. The number of rotatable bonds is 9. The zero-order chi connectivity index (χ0) is 27.5. The molecule has 1 atom stereocenters. The fourth-order valence-electron chi connectivity index (χ4n) is 4.56. The van der Waals surface area contributed by atoms with Crippen LogP contribution in [0.15, 0.2) is 85.0 Å². The Balaban J connectivity index is 1.64. The lowest BCUT2D eigenvalue weighted by atomic mass is 9.95. The van der Waals surface area contributed by atoms with Crippen LogP contribution >= 0.6 is 11.3 Å². The van der Waals surface area contributed by atoms with Crippen molar-refractivity contribution in [2.75, 3.05) is 18.1 Å². The average molecular weight is 541 g/mol. The standard InChI is InChI=1S/C31H28N2O5S/c1-4-17-38-23-12-8-20(9-13-23)27-26(28(34)21-10-14-22(15-11-21)37-6-3)29(35)30(36)33(27)31-32-24-16-7-19(5-2)18-25(24)39-31/h4,7-16,18,27,34H,1,5-6,17H2,2-3H3/b28-26+/t27-/m1/s1. The lowest BCUT2D eigenvalue weighted by Crippen LogP contribution is -2.29. The molecule has 5 rings (SSSR count). The van der Waals surface area contributed by atoms with Gasteiger partial charge in [-0.1, -0.05) is 49.1 Å². The largest absolute Gasteiger partial charge is 0.507 e. The minimum Gasteiger partial charge on any atom is -0.507 e. The minimum atomic E-state index is -0.878. The summed E-state index contributed by atoms with van der Waals surface area (Å²) in [5.41, 5.74) is 2.94. The molecule has 1 N–H and O–H groups in total. The van der Waals surface area contributed by atoms with Crippen molar-refractivity contribution in [3.8, 4) is 11.5 Å². The maximum absolute atomic E-state index is 13.5. The number of Topliss-reactive ketones (excluding diaryl/α,β-unsaturated/α-hetero) is 1. The highest BCUT2D eigenvalue weighted by Crippen LogP contribution is 2.44. The highest BCUT2D eigenvalue weighted by atomic mass is 32.1. The molecule has 0 bridgehead atoms. The number of benzene rings is 3. The molecule has 1 aliphatic rings. The number of ether oxygens (including phenoxy) is 2. The summed E-state index contributed by atoms with van der Waals surface area (Å²) in [5.74, 6) is -0.511. The summed E-state index contributed by atoms with van der Waals surface area (Å²) in [6, 6.07) is 19.0. The van der Waals surface area contributed by atoms with Gasteiger partial charge in [0, 0.05) is 5.56 Å². The third-order valence-corrected chi connectivity index (χ3v) is 7.52. The molecule has 1 saturated heterocycles. The van der Waals surface area contributed by atoms with E-state index in [1.54, 1.807) is 54.6 Å². The van der Waals surface area contributed by atoms with Gasteiger partial charge in [0.25, 0.3) is 5.78 Å². The average Bonchev–Trinajstić information content (AvgIpc) is 3.49. The van der Waals surface area contributed by atoms with Gasteiger partial charge in [-0.25, -0.2) is 4.98 Å². The molecule has 39 heavy (non-hydrogen) atoms. The van der Waals surface area contributed by atoms with Gasteiger partial charge in [0.15, 0.2) is 5.13 Å². The number of ketones is 1. The number of carbonyl (C=O) groups excluding carboxylic acids is 2. The molecule has 1 aromatic heterocycles. The van der Waals surface area contributed by atoms with Crippen LogP contribution < -0.4 is 14.4 Å². The maximum atomic E-state index is 13.5. The number of aryl methyl sites for hydroxylation is 1. The third kappa shape index (κ3) is 5.03. The van der Waals surface area contributed by atoms with Crippen molar-refractivity contribution in [2.24, 2.45) is 0 Å². The van der Waals surface area contributed by atoms with Crippen LogP contribution in [0.1, 0.15) is 36.6 Å². The van der Waals surface area contributed by atoms with Crippen LogP contribution in [0.25, 0.3) is 16.0 Å². The molecule has 1 aliphatic heterocycles. The van der Waals surface area contributed by atoms with Gasteiger partial charge < -0.3 is 14.6 Å². The van der Waals surface area contributed by atoms with Crippen LogP contribution in [0.3, 0.4) is 0 Å². The van der Waals surface area contributed by atoms with Gasteiger partial charge in [-0.2, -0.15) is 0 Å². The number of amides is 1. The Hall–Kier alpha value is -4.43. The molecule has 0 saturated carbocycles. The highest BCUT2D eigenvalue weighted by Gasteiger charge is 2.48. The SMILES string of the molecule is C=CCOc1ccc([C@@H]2/C(=C(\O)c3ccc(OCC)cc3)C(=O)C(=O)N2c2nc3ccc(CC)cc3s2)cc1. The molecule has 2 heterocycles. The van der Waals surface area contributed by atoms with E-state index in [0.717, 1.165) is 22.2 Å². The van der Waals surface area contributed by atoms with Crippen LogP contribution in [-0.4, -0.2) is 35.0 Å². The molecule has 0 unspecified atom stereocenters. The zero-order valence-corrected chi connectivity index (χ0v) is 22.5. The lowest BCUT2D eigenvalue weighted by Gasteiger charge is -2.23. The fraction of sp³-hybridized carbons (Fsp3) is 0.194. The van der Waals surface area contributed by atoms with E-state index in [0.29, 0.717) is 41.0 Å². The van der Waals surface area contributed by atoms with Crippen LogP contribution in [0.5, 0.6) is 11.5 Å². The molecule has 8 heteroatoms. The number of aromatic nitrogens is 1. The van der Waals surface area contributed by atoms with Crippen LogP contribution in [0, 0.1) is 0 Å². The number of fused-ring (bicyclic) bond motifs is 1. The van der Waals surface area contributed by atoms with Gasteiger partial charge in [-0.3, -0.25) is 14.5 Å². The van der Waals surface area contributed by atoms with Crippen molar-refractivity contribution in [1.82, 2.24) is 4.98 Å². The third-order valence-electron chi connectivity index (χ3n) is 6.50. The summed E-state index contributed by atoms with van der Waals surface area (Å²) in [6.07, 6.45) is 2.52. The molecule has 1 fully saturated rings. The molecule has 4 aromatic rings. The number of thiazole rings is 1. The number of aliphatic hydroxyl groups excluding tert-OH is 1. The van der Waals surface area contributed by atoms with E-state index < -0.39 is 17.7 Å². The Morgan fingerprint density at radius 3 is 2.38 bits per heavy atom. The van der Waals surface area contributed by atoms with E-state index in [-0.39, 0.29) is 11.3 Å². The van der Waals surface area contributed by atoms with Gasteiger partial charge in [0.05, 0.1) is 28.4 Å². The van der Waals surface area contributed by atoms with Crippen molar-refractivity contribution in [3.05, 3.63) is 102 Å². The Labute approximate surface area is 230 Å². The number of carbonyl (C=O) groups is 2. The Morgan fingerprint density at radius 2 is 1.72 bits per heavy atom. The van der Waals surface area contributed by atoms with E-state index in [9.17, 15) is 14.7 Å². The molecule has 198 valence electrons. The second-order valence-electron chi connectivity index (χ2n) is 8.95. The van der Waals surface area contributed by atoms with Gasteiger partial charge in [0.2, 0.25) is 0 Å². The van der Waals surface area contributed by atoms with Crippen molar-refractivity contribution >= 4 is 44.1 Å². The summed E-state index contributed by atoms with van der Waals surface area (Å²) in [5, 5.41) is 11.8. The first-order valence-corrected chi connectivity index (χ1v) is 13.5. The predicted octanol–water partition coefficient (Wildman–Crippen LogP) is 6.45. The molecule has 7 nitrogen and oxygen atoms in total. The van der Waals surface area contributed by atoms with Crippen LogP contribution in [-0.2, 0) is 16.0 Å². The number of hydrogen-bond donors (Lipinski definition) is 1. The van der Waals surface area contributed by atoms with Gasteiger partial charge >= 0.3 is 5.91 Å². The number of nitrogens with zero attached hydrogens (tertiary/aromatic N) is 2. The monoisotopic (exact) mass is 540 g/mol. The smallest absolute Gasteiger partial charge is 0.301 e. The first-order chi connectivity index (χ1) is 18.9. The Bertz CT molecular complexity index is 1570. The van der Waals surface area contributed by atoms with Crippen molar-refractivity contribution < 1.29 is 24.2 Å². The molecule has 3 aromatic carbocycles. The number of hydrogen-bond acceptors (Lipinski definition) is 7. The number of aliphatic hydroxyl groups is 1. The first kappa shape index (κ1) is 26.2. The molecular weight excluding hydrogens is 512 g/mol. The second kappa shape index (κ2) is 11.1. The fourth-order valence-corrected chi connectivity index (χ4v) is 5.61. The van der Waals surface area contributed by atoms with E-state index in [2.05, 4.69) is 13.5 Å². The van der Waals surface area contributed by atoms with Crippen molar-refractivity contribution in [3.63, 3.8) is 0 Å². The minimum absolute atomic E-state index is 0.00239. The summed E-state index contributed by atoms with van der Waals surface area (Å²) in [6.45, 7) is 8.48.